The molecule has 0 aromatic carbocycles. The lowest BCUT2D eigenvalue weighted by molar-refractivity contribution is 0.0438. The third-order valence-electron chi connectivity index (χ3n) is 4.11. The van der Waals surface area contributed by atoms with Crippen molar-refractivity contribution in [1.29, 1.82) is 0 Å². The number of hydrogen-bond acceptors (Lipinski definition) is 4. The second-order valence-electron chi connectivity index (χ2n) is 7.12. The summed E-state index contributed by atoms with van der Waals surface area (Å²) in [4.78, 5) is 2.42. The molecule has 21 heavy (non-hydrogen) atoms. The van der Waals surface area contributed by atoms with Crippen molar-refractivity contribution in [2.24, 2.45) is 0 Å². The summed E-state index contributed by atoms with van der Waals surface area (Å²) in [5, 5.41) is 3.45. The molecule has 1 aromatic rings. The van der Waals surface area contributed by atoms with Crippen molar-refractivity contribution >= 4 is 0 Å². The van der Waals surface area contributed by atoms with E-state index in [9.17, 15) is 0 Å². The molecule has 1 atom stereocenters. The third-order valence-corrected chi connectivity index (χ3v) is 4.11. The first-order valence-corrected chi connectivity index (χ1v) is 8.04. The fourth-order valence-corrected chi connectivity index (χ4v) is 2.66. The van der Waals surface area contributed by atoms with Crippen LogP contribution in [-0.2, 0) is 17.9 Å². The minimum Gasteiger partial charge on any atom is -0.468 e. The summed E-state index contributed by atoms with van der Waals surface area (Å²) < 4.78 is 11.5. The predicted octanol–water partition coefficient (Wildman–Crippen LogP) is 3.17. The Hall–Kier alpha value is -0.840. The van der Waals surface area contributed by atoms with Gasteiger partial charge in [-0.25, -0.2) is 0 Å². The molecule has 1 saturated heterocycles. The van der Waals surface area contributed by atoms with Crippen LogP contribution >= 0.6 is 0 Å². The van der Waals surface area contributed by atoms with E-state index >= 15 is 0 Å². The number of likely N-dealkylation sites (tertiary alicyclic amines) is 1. The van der Waals surface area contributed by atoms with Gasteiger partial charge < -0.3 is 19.4 Å². The first-order chi connectivity index (χ1) is 9.96. The van der Waals surface area contributed by atoms with Gasteiger partial charge in [-0.1, -0.05) is 6.42 Å². The minimum atomic E-state index is 0.0930. The molecule has 0 aliphatic carbocycles. The van der Waals surface area contributed by atoms with Gasteiger partial charge in [0.1, 0.15) is 5.76 Å². The van der Waals surface area contributed by atoms with Crippen molar-refractivity contribution in [3.8, 4) is 0 Å². The van der Waals surface area contributed by atoms with Crippen LogP contribution < -0.4 is 5.32 Å². The van der Waals surface area contributed by atoms with Gasteiger partial charge in [0.25, 0.3) is 0 Å². The summed E-state index contributed by atoms with van der Waals surface area (Å²) in [5.74, 6) is 0.988. The Bertz CT molecular complexity index is 423. The number of rotatable bonds is 6. The van der Waals surface area contributed by atoms with Crippen molar-refractivity contribution in [3.05, 3.63) is 23.7 Å². The average molecular weight is 294 g/mol. The zero-order valence-corrected chi connectivity index (χ0v) is 13.9. The van der Waals surface area contributed by atoms with Gasteiger partial charge in [-0.3, -0.25) is 0 Å². The number of piperidine rings is 1. The van der Waals surface area contributed by atoms with Gasteiger partial charge in [-0.2, -0.15) is 0 Å². The Kier molecular flexibility index (Phi) is 5.85. The zero-order chi connectivity index (χ0) is 15.3. The van der Waals surface area contributed by atoms with Gasteiger partial charge >= 0.3 is 0 Å². The minimum absolute atomic E-state index is 0.0930. The van der Waals surface area contributed by atoms with Crippen molar-refractivity contribution < 1.29 is 9.15 Å². The predicted molar refractivity (Wildman–Crippen MR) is 85.2 cm³/mol. The van der Waals surface area contributed by atoms with Crippen LogP contribution in [0.5, 0.6) is 0 Å². The van der Waals surface area contributed by atoms with Gasteiger partial charge in [-0.15, -0.1) is 0 Å². The van der Waals surface area contributed by atoms with E-state index in [0.29, 0.717) is 12.6 Å². The fourth-order valence-electron chi connectivity index (χ4n) is 2.66. The molecule has 0 bridgehead atoms. The molecule has 4 heteroatoms. The number of hydrogen-bond donors (Lipinski definition) is 1. The Morgan fingerprint density at radius 1 is 1.38 bits per heavy atom. The molecular formula is C17H30N2O2. The largest absolute Gasteiger partial charge is 0.468 e. The van der Waals surface area contributed by atoms with E-state index in [1.807, 2.05) is 6.07 Å². The van der Waals surface area contributed by atoms with Gasteiger partial charge in [0.15, 0.2) is 0 Å². The monoisotopic (exact) mass is 294 g/mol. The smallest absolute Gasteiger partial charge is 0.123 e. The molecule has 1 fully saturated rings. The fraction of sp³-hybridized carbons (Fsp3) is 0.765. The van der Waals surface area contributed by atoms with Crippen molar-refractivity contribution in [3.63, 3.8) is 0 Å². The highest BCUT2D eigenvalue weighted by molar-refractivity contribution is 5.16. The van der Waals surface area contributed by atoms with Crippen LogP contribution in [-0.4, -0.2) is 36.7 Å². The maximum absolute atomic E-state index is 5.93. The summed E-state index contributed by atoms with van der Waals surface area (Å²) in [5.41, 5.74) is 1.25. The lowest BCUT2D eigenvalue weighted by Gasteiger charge is -2.32. The van der Waals surface area contributed by atoms with E-state index in [4.69, 9.17) is 9.15 Å². The van der Waals surface area contributed by atoms with E-state index < -0.39 is 0 Å². The molecule has 1 aromatic heterocycles. The molecule has 0 radical (unpaired) electrons. The van der Waals surface area contributed by atoms with Crippen LogP contribution in [0.2, 0.25) is 0 Å². The van der Waals surface area contributed by atoms with Crippen LogP contribution in [0.15, 0.2) is 16.7 Å². The van der Waals surface area contributed by atoms with E-state index in [-0.39, 0.29) is 5.54 Å². The average Bonchev–Trinajstić information content (AvgIpc) is 2.85. The Morgan fingerprint density at radius 2 is 2.19 bits per heavy atom. The molecule has 1 N–H and O–H groups in total. The molecule has 0 saturated carbocycles. The molecule has 0 spiro atoms. The van der Waals surface area contributed by atoms with E-state index in [1.165, 1.54) is 25.8 Å². The molecule has 120 valence electrons. The van der Waals surface area contributed by atoms with Crippen LogP contribution in [0.3, 0.4) is 0 Å². The van der Waals surface area contributed by atoms with Crippen molar-refractivity contribution in [2.45, 2.75) is 64.8 Å². The van der Waals surface area contributed by atoms with Crippen LogP contribution in [0, 0.1) is 0 Å². The van der Waals surface area contributed by atoms with Gasteiger partial charge in [0, 0.05) is 17.1 Å². The molecule has 4 nitrogen and oxygen atoms in total. The lowest BCUT2D eigenvalue weighted by Crippen LogP contribution is -2.39. The molecule has 1 aliphatic heterocycles. The first-order valence-electron chi connectivity index (χ1n) is 8.04. The quantitative estimate of drug-likeness (QED) is 0.874. The normalized spacial score (nSPS) is 20.9. The van der Waals surface area contributed by atoms with Gasteiger partial charge in [0.2, 0.25) is 0 Å². The summed E-state index contributed by atoms with van der Waals surface area (Å²) >= 11 is 0. The number of likely N-dealkylation sites (N-methyl/N-ethyl adjacent to an activating group) is 1. The maximum atomic E-state index is 5.93. The SMILES string of the molecule is CN1CCCCC1COCc1ccoc1CNC(C)(C)C. The first kappa shape index (κ1) is 16.5. The van der Waals surface area contributed by atoms with Gasteiger partial charge in [0.05, 0.1) is 26.0 Å². The van der Waals surface area contributed by atoms with Crippen LogP contribution in [0.1, 0.15) is 51.4 Å². The highest BCUT2D eigenvalue weighted by Crippen LogP contribution is 2.17. The summed E-state index contributed by atoms with van der Waals surface area (Å²) in [7, 11) is 2.20. The molecule has 2 rings (SSSR count). The van der Waals surface area contributed by atoms with E-state index in [1.54, 1.807) is 6.26 Å². The van der Waals surface area contributed by atoms with Crippen LogP contribution in [0.25, 0.3) is 0 Å². The van der Waals surface area contributed by atoms with Crippen LogP contribution in [0.4, 0.5) is 0 Å². The lowest BCUT2D eigenvalue weighted by atomic mass is 10.0. The Morgan fingerprint density at radius 3 is 2.90 bits per heavy atom. The molecule has 2 heterocycles. The molecular weight excluding hydrogens is 264 g/mol. The number of nitrogens with one attached hydrogen (secondary N) is 1. The zero-order valence-electron chi connectivity index (χ0n) is 13.9. The van der Waals surface area contributed by atoms with E-state index in [0.717, 1.165) is 24.5 Å². The molecule has 1 aliphatic rings. The maximum Gasteiger partial charge on any atom is 0.123 e. The number of nitrogens with zero attached hydrogens (tertiary/aromatic N) is 1. The summed E-state index contributed by atoms with van der Waals surface area (Å²) in [6.45, 7) is 9.87. The topological polar surface area (TPSA) is 37.6 Å². The van der Waals surface area contributed by atoms with E-state index in [2.05, 4.69) is 38.0 Å². The standard InChI is InChI=1S/C17H30N2O2/c1-17(2,3)18-11-16-14(8-10-21-16)12-20-13-15-7-5-6-9-19(15)4/h8,10,15,18H,5-7,9,11-13H2,1-4H3. The second-order valence-corrected chi connectivity index (χ2v) is 7.12. The second kappa shape index (κ2) is 7.43. The Balaban J connectivity index is 1.77. The number of furan rings is 1. The molecule has 1 unspecified atom stereocenters. The molecule has 0 amide bonds. The number of ether oxygens (including phenoxy) is 1. The van der Waals surface area contributed by atoms with Crippen molar-refractivity contribution in [1.82, 2.24) is 10.2 Å². The summed E-state index contributed by atoms with van der Waals surface area (Å²) in [6, 6.07) is 2.59. The highest BCUT2D eigenvalue weighted by atomic mass is 16.5. The third kappa shape index (κ3) is 5.46. The summed E-state index contributed by atoms with van der Waals surface area (Å²) in [6.07, 6.45) is 5.65. The van der Waals surface area contributed by atoms with Crippen molar-refractivity contribution in [2.75, 3.05) is 20.2 Å². The van der Waals surface area contributed by atoms with Gasteiger partial charge in [-0.05, 0) is 53.3 Å². The Labute approximate surface area is 128 Å². The highest BCUT2D eigenvalue weighted by Gasteiger charge is 2.19.